The average Bonchev–Trinajstić information content (AvgIpc) is 3.17. The third-order valence-corrected chi connectivity index (χ3v) is 4.99. The first-order valence-electron chi connectivity index (χ1n) is 6.85. The second-order valence-electron chi connectivity index (χ2n) is 4.56. The topological polar surface area (TPSA) is 43.6 Å². The maximum absolute atomic E-state index is 4.34. The van der Waals surface area contributed by atoms with Gasteiger partial charge in [-0.25, -0.2) is 0 Å². The minimum Gasteiger partial charge on any atom is -0.308 e. The molecular weight excluding hydrogens is 300 g/mol. The third kappa shape index (κ3) is 4.15. The van der Waals surface area contributed by atoms with Gasteiger partial charge in [-0.1, -0.05) is 23.9 Å². The van der Waals surface area contributed by atoms with E-state index in [-0.39, 0.29) is 0 Å². The summed E-state index contributed by atoms with van der Waals surface area (Å²) in [4.78, 5) is 5.73. The van der Waals surface area contributed by atoms with E-state index >= 15 is 0 Å². The van der Waals surface area contributed by atoms with Crippen LogP contribution in [-0.2, 0) is 19.4 Å². The minimum absolute atomic E-state index is 0.930. The molecule has 21 heavy (non-hydrogen) atoms. The van der Waals surface area contributed by atoms with Gasteiger partial charge in [0.1, 0.15) is 6.33 Å². The molecule has 0 bridgehead atoms. The zero-order valence-corrected chi connectivity index (χ0v) is 13.2. The lowest BCUT2D eigenvalue weighted by atomic mass is 10.3. The summed E-state index contributed by atoms with van der Waals surface area (Å²) in [5.74, 6) is 0.967. The Morgan fingerprint density at radius 2 is 2.14 bits per heavy atom. The molecule has 0 aliphatic rings. The summed E-state index contributed by atoms with van der Waals surface area (Å²) in [6, 6.07) is 10.3. The first-order chi connectivity index (χ1) is 10.4. The Kier molecular flexibility index (Phi) is 5.02. The van der Waals surface area contributed by atoms with Crippen LogP contribution in [0.25, 0.3) is 0 Å². The molecule has 0 saturated heterocycles. The van der Waals surface area contributed by atoms with Crippen molar-refractivity contribution in [3.05, 3.63) is 58.8 Å². The number of aryl methyl sites for hydroxylation is 3. The number of rotatable bonds is 7. The number of aromatic nitrogens is 4. The molecule has 4 nitrogen and oxygen atoms in total. The van der Waals surface area contributed by atoms with E-state index in [9.17, 15) is 0 Å². The number of pyridine rings is 1. The molecular formula is C15H16N4S2. The molecule has 0 atom stereocenters. The van der Waals surface area contributed by atoms with Crippen molar-refractivity contribution in [2.75, 3.05) is 5.75 Å². The molecule has 0 fully saturated rings. The predicted molar refractivity (Wildman–Crippen MR) is 86.7 cm³/mol. The summed E-state index contributed by atoms with van der Waals surface area (Å²) in [5.41, 5.74) is 1.12. The first kappa shape index (κ1) is 14.3. The van der Waals surface area contributed by atoms with Gasteiger partial charge in [0.15, 0.2) is 5.16 Å². The summed E-state index contributed by atoms with van der Waals surface area (Å²) in [7, 11) is 0. The van der Waals surface area contributed by atoms with Crippen LogP contribution >= 0.6 is 23.1 Å². The Hall–Kier alpha value is -1.66. The number of thiophene rings is 1. The standard InChI is InChI=1S/C15H16N4S2/c1-2-8-16-13(4-1)7-11-21-15-18-17-12-19(15)9-6-14-5-3-10-20-14/h1-5,8,10,12H,6-7,9,11H2. The summed E-state index contributed by atoms with van der Waals surface area (Å²) < 4.78 is 2.13. The number of hydrogen-bond acceptors (Lipinski definition) is 5. The van der Waals surface area contributed by atoms with Gasteiger partial charge >= 0.3 is 0 Å². The van der Waals surface area contributed by atoms with E-state index in [0.29, 0.717) is 0 Å². The lowest BCUT2D eigenvalue weighted by molar-refractivity contribution is 0.637. The first-order valence-corrected chi connectivity index (χ1v) is 8.71. The second kappa shape index (κ2) is 7.38. The van der Waals surface area contributed by atoms with Crippen molar-refractivity contribution in [2.45, 2.75) is 24.5 Å². The highest BCUT2D eigenvalue weighted by Gasteiger charge is 2.06. The van der Waals surface area contributed by atoms with Crippen molar-refractivity contribution in [3.8, 4) is 0 Å². The van der Waals surface area contributed by atoms with Gasteiger partial charge in [-0.3, -0.25) is 4.98 Å². The van der Waals surface area contributed by atoms with Gasteiger partial charge in [-0.15, -0.1) is 21.5 Å². The largest absolute Gasteiger partial charge is 0.308 e. The predicted octanol–water partition coefficient (Wildman–Crippen LogP) is 3.31. The molecule has 0 spiro atoms. The van der Waals surface area contributed by atoms with Gasteiger partial charge < -0.3 is 4.57 Å². The molecule has 0 unspecified atom stereocenters. The highest BCUT2D eigenvalue weighted by Crippen LogP contribution is 2.17. The van der Waals surface area contributed by atoms with Gasteiger partial charge in [0.25, 0.3) is 0 Å². The van der Waals surface area contributed by atoms with Crippen molar-refractivity contribution in [1.82, 2.24) is 19.7 Å². The zero-order chi connectivity index (χ0) is 14.3. The van der Waals surface area contributed by atoms with Crippen LogP contribution in [0.2, 0.25) is 0 Å². The summed E-state index contributed by atoms with van der Waals surface area (Å²) in [6.07, 6.45) is 5.63. The normalized spacial score (nSPS) is 10.9. The fourth-order valence-electron chi connectivity index (χ4n) is 1.99. The molecule has 6 heteroatoms. The van der Waals surface area contributed by atoms with Crippen LogP contribution in [0.5, 0.6) is 0 Å². The van der Waals surface area contributed by atoms with Crippen LogP contribution in [0.4, 0.5) is 0 Å². The smallest absolute Gasteiger partial charge is 0.191 e. The molecule has 3 aromatic rings. The molecule has 0 N–H and O–H groups in total. The van der Waals surface area contributed by atoms with Crippen LogP contribution in [0.1, 0.15) is 10.6 Å². The Labute approximate surface area is 132 Å². The van der Waals surface area contributed by atoms with E-state index in [1.54, 1.807) is 23.1 Å². The Bertz CT molecular complexity index is 649. The Morgan fingerprint density at radius 3 is 2.95 bits per heavy atom. The zero-order valence-electron chi connectivity index (χ0n) is 11.6. The number of nitrogens with zero attached hydrogens (tertiary/aromatic N) is 4. The fraction of sp³-hybridized carbons (Fsp3) is 0.267. The van der Waals surface area contributed by atoms with Gasteiger partial charge in [0, 0.05) is 29.1 Å². The lowest BCUT2D eigenvalue weighted by Gasteiger charge is -2.05. The van der Waals surface area contributed by atoms with Gasteiger partial charge in [-0.2, -0.15) is 0 Å². The Balaban J connectivity index is 1.51. The van der Waals surface area contributed by atoms with Crippen LogP contribution in [-0.4, -0.2) is 25.5 Å². The van der Waals surface area contributed by atoms with Crippen molar-refractivity contribution in [2.24, 2.45) is 0 Å². The summed E-state index contributed by atoms with van der Waals surface area (Å²) >= 11 is 3.54. The third-order valence-electron chi connectivity index (χ3n) is 3.07. The van der Waals surface area contributed by atoms with Crippen LogP contribution in [0, 0.1) is 0 Å². The van der Waals surface area contributed by atoms with E-state index < -0.39 is 0 Å². The van der Waals surface area contributed by atoms with Gasteiger partial charge in [0.05, 0.1) is 0 Å². The maximum Gasteiger partial charge on any atom is 0.191 e. The molecule has 108 valence electrons. The molecule has 0 amide bonds. The molecule has 0 aliphatic heterocycles. The quantitative estimate of drug-likeness (QED) is 0.627. The highest BCUT2D eigenvalue weighted by molar-refractivity contribution is 7.99. The fourth-order valence-corrected chi connectivity index (χ4v) is 3.59. The van der Waals surface area contributed by atoms with Gasteiger partial charge in [0.2, 0.25) is 0 Å². The van der Waals surface area contributed by atoms with E-state index in [2.05, 4.69) is 43.3 Å². The number of hydrogen-bond donors (Lipinski definition) is 0. The van der Waals surface area contributed by atoms with Crippen molar-refractivity contribution < 1.29 is 0 Å². The lowest BCUT2D eigenvalue weighted by Crippen LogP contribution is -2.02. The molecule has 0 saturated carbocycles. The molecule has 3 aromatic heterocycles. The molecule has 3 rings (SSSR count). The highest BCUT2D eigenvalue weighted by atomic mass is 32.2. The van der Waals surface area contributed by atoms with Crippen LogP contribution in [0.3, 0.4) is 0 Å². The van der Waals surface area contributed by atoms with E-state index in [1.807, 2.05) is 24.7 Å². The molecule has 0 radical (unpaired) electrons. The molecule has 3 heterocycles. The second-order valence-corrected chi connectivity index (χ2v) is 6.65. The van der Waals surface area contributed by atoms with Crippen LogP contribution < -0.4 is 0 Å². The van der Waals surface area contributed by atoms with Gasteiger partial charge in [-0.05, 0) is 36.4 Å². The molecule has 0 aliphatic carbocycles. The SMILES string of the molecule is c1ccc(CCSc2nncn2CCc2cccs2)nc1. The monoisotopic (exact) mass is 316 g/mol. The average molecular weight is 316 g/mol. The van der Waals surface area contributed by atoms with E-state index in [1.165, 1.54) is 4.88 Å². The number of thioether (sulfide) groups is 1. The summed E-state index contributed by atoms with van der Waals surface area (Å²) in [5, 5.41) is 11.3. The maximum atomic E-state index is 4.34. The summed E-state index contributed by atoms with van der Waals surface area (Å²) in [6.45, 7) is 0.930. The van der Waals surface area contributed by atoms with Crippen molar-refractivity contribution in [3.63, 3.8) is 0 Å². The molecule has 0 aromatic carbocycles. The van der Waals surface area contributed by atoms with Crippen molar-refractivity contribution in [1.29, 1.82) is 0 Å². The van der Waals surface area contributed by atoms with Crippen LogP contribution in [0.15, 0.2) is 53.4 Å². The van der Waals surface area contributed by atoms with E-state index in [0.717, 1.165) is 36.0 Å². The van der Waals surface area contributed by atoms with E-state index in [4.69, 9.17) is 0 Å². The van der Waals surface area contributed by atoms with Crippen molar-refractivity contribution >= 4 is 23.1 Å². The Morgan fingerprint density at radius 1 is 1.14 bits per heavy atom. The minimum atomic E-state index is 0.930.